The molecule has 0 heterocycles. The van der Waals surface area contributed by atoms with Crippen molar-refractivity contribution in [2.24, 2.45) is 35.5 Å². The van der Waals surface area contributed by atoms with E-state index in [2.05, 4.69) is 39.5 Å². The Labute approximate surface area is 824 Å². The largest absolute Gasteiger partial charge is 0.459 e. The van der Waals surface area contributed by atoms with E-state index in [0.717, 1.165) is 19.3 Å². The molecule has 24 nitrogen and oxygen atoms in total. The van der Waals surface area contributed by atoms with Gasteiger partial charge in [0.2, 0.25) is 0 Å². The van der Waals surface area contributed by atoms with Gasteiger partial charge in [-0.3, -0.25) is 0 Å². The molecular weight excluding hydrogens is 1930 g/mol. The van der Waals surface area contributed by atoms with Gasteiger partial charge in [-0.15, -0.1) is 0 Å². The van der Waals surface area contributed by atoms with Crippen molar-refractivity contribution >= 4 is 35.8 Å². The van der Waals surface area contributed by atoms with E-state index >= 15 is 0 Å². The maximum absolute atomic E-state index is 12.8. The van der Waals surface area contributed by atoms with E-state index in [0.29, 0.717) is 180 Å². The van der Waals surface area contributed by atoms with Crippen molar-refractivity contribution in [3.8, 4) is 0 Å². The fourth-order valence-electron chi connectivity index (χ4n) is 16.3. The van der Waals surface area contributed by atoms with Crippen LogP contribution in [-0.2, 0) is 85.6 Å². The number of hydrogen-bond donors (Lipinski definition) is 6. The summed E-state index contributed by atoms with van der Waals surface area (Å²) in [6.45, 7) is 50.3. The number of halogens is 18. The molecule has 0 aromatic heterocycles. The van der Waals surface area contributed by atoms with E-state index in [1.165, 1.54) is 6.92 Å². The first kappa shape index (κ1) is 134. The molecule has 0 aliphatic heterocycles. The van der Waals surface area contributed by atoms with Gasteiger partial charge in [-0.25, -0.2) is 28.8 Å². The van der Waals surface area contributed by atoms with Gasteiger partial charge in [0.05, 0.1) is 73.2 Å². The molecule has 142 heavy (non-hydrogen) atoms. The number of rotatable bonds is 40. The van der Waals surface area contributed by atoms with E-state index < -0.39 is 198 Å². The van der Waals surface area contributed by atoms with Crippen LogP contribution in [-0.4, -0.2) is 247 Å². The first-order chi connectivity index (χ1) is 63.9. The van der Waals surface area contributed by atoms with E-state index in [1.54, 1.807) is 90.0 Å². The Kier molecular flexibility index (Phi) is 49.5. The third-order valence-corrected chi connectivity index (χ3v) is 27.6. The molecule has 0 spiro atoms. The summed E-state index contributed by atoms with van der Waals surface area (Å²) in [6, 6.07) is 0. The van der Waals surface area contributed by atoms with Crippen LogP contribution in [0, 0.1) is 35.5 Å². The van der Waals surface area contributed by atoms with Gasteiger partial charge in [-0.05, 0) is 291 Å². The molecule has 6 fully saturated rings. The Morgan fingerprint density at radius 3 is 0.761 bits per heavy atom. The predicted octanol–water partition coefficient (Wildman–Crippen LogP) is 21.9. The molecule has 6 aliphatic rings. The average Bonchev–Trinajstić information content (AvgIpc) is 0.798. The summed E-state index contributed by atoms with van der Waals surface area (Å²) in [5.74, 6) is -3.61. The zero-order chi connectivity index (χ0) is 111. The number of carbonyl (C=O) groups excluding carboxylic acids is 6. The highest BCUT2D eigenvalue weighted by atomic mass is 19.4. The topological polar surface area (TPSA) is 335 Å². The Balaban J connectivity index is 0.000000852. The molecule has 6 saturated carbocycles. The molecule has 42 heteroatoms. The first-order valence-electron chi connectivity index (χ1n) is 47.6. The number of esters is 6. The molecule has 14 atom stereocenters. The summed E-state index contributed by atoms with van der Waals surface area (Å²) in [5.41, 5.74) is -20.9. The number of carbonyl (C=O) groups is 6. The van der Waals surface area contributed by atoms with E-state index in [-0.39, 0.29) is 70.5 Å². The average molecular weight is 2090 g/mol. The normalized spacial score (nSPS) is 24.7. The van der Waals surface area contributed by atoms with Crippen LogP contribution in [0.2, 0.25) is 0 Å². The third kappa shape index (κ3) is 39.9. The molecule has 6 rings (SSSR count). The van der Waals surface area contributed by atoms with Crippen LogP contribution in [0.4, 0.5) is 79.0 Å². The van der Waals surface area contributed by atoms with Crippen LogP contribution in [0.15, 0.2) is 72.9 Å². The molecule has 0 saturated heterocycles. The second kappa shape index (κ2) is 52.6. The van der Waals surface area contributed by atoms with Crippen molar-refractivity contribution in [2.75, 3.05) is 39.6 Å². The molecule has 14 unspecified atom stereocenters. The molecule has 0 radical (unpaired) electrons. The first-order valence-corrected chi connectivity index (χ1v) is 47.6. The number of aliphatic hydroxyl groups is 6. The molecular formula is C100H158F18O24. The van der Waals surface area contributed by atoms with Crippen molar-refractivity contribution in [2.45, 2.75) is 448 Å². The van der Waals surface area contributed by atoms with Crippen LogP contribution in [0.3, 0.4) is 0 Å². The quantitative estimate of drug-likeness (QED) is 0.0144. The fourth-order valence-corrected chi connectivity index (χ4v) is 16.3. The lowest BCUT2D eigenvalue weighted by Crippen LogP contribution is -2.56. The van der Waals surface area contributed by atoms with Gasteiger partial charge in [0, 0.05) is 51.2 Å². The Morgan fingerprint density at radius 1 is 0.246 bits per heavy atom. The standard InChI is InChI=1S/4C17H27F3O4.2C16H25F3O4/c1-11(2)14(21)24-13-8-6-12(7-9-13)15(3,4)23-10-16(5,22)17(18,19)20;1-11(2)14(21)24-13-9-7-6-8-12(13)15(3,4)23-10-16(5,22)17(18,19)20;1-6-16(7-2,23-10-15(5,22)17(18,19)20)12-8-13(9-12)24-14(21)11(3)4;1-6-16(7-2,23-10-15(5,22)17(18,19)20)12-8-9-13(12)24-14(21)11(3)4;1-10(2)13(20)23-12-7-6-11(8-12)14(3,4)22-9-15(5,21)16(17,18)19;1-10(2)13(20)23-12-8-6-7-11(12)14(3,4)22-9-15(5,21)16(17,18)19/h2*12-13,22H,1,6-10H2,2-5H3;2*12-13,22H,3,6-10H2,1-2,4-5H3;2*11-12,21H,1,6-9H2,2-5H3. The summed E-state index contributed by atoms with van der Waals surface area (Å²) in [7, 11) is 0. The van der Waals surface area contributed by atoms with Gasteiger partial charge in [-0.1, -0.05) is 73.6 Å². The van der Waals surface area contributed by atoms with Crippen LogP contribution >= 0.6 is 0 Å². The summed E-state index contributed by atoms with van der Waals surface area (Å²) in [6.07, 6.45) is -16.6. The molecule has 0 aromatic rings. The second-order valence-electron chi connectivity index (χ2n) is 42.1. The van der Waals surface area contributed by atoms with E-state index in [9.17, 15) is 138 Å². The van der Waals surface area contributed by atoms with Crippen molar-refractivity contribution in [1.82, 2.24) is 0 Å². The zero-order valence-electron chi connectivity index (χ0n) is 86.8. The van der Waals surface area contributed by atoms with Crippen LogP contribution in [0.1, 0.15) is 307 Å². The Bertz CT molecular complexity index is 4090. The van der Waals surface area contributed by atoms with Gasteiger partial charge < -0.3 is 87.5 Å². The lowest BCUT2D eigenvalue weighted by molar-refractivity contribution is -0.285. The van der Waals surface area contributed by atoms with Gasteiger partial charge in [0.15, 0.2) is 33.6 Å². The highest BCUT2D eigenvalue weighted by molar-refractivity contribution is 5.89. The van der Waals surface area contributed by atoms with Gasteiger partial charge in [-0.2, -0.15) is 79.0 Å². The smallest absolute Gasteiger partial charge is 0.419 e. The maximum atomic E-state index is 12.8. The van der Waals surface area contributed by atoms with Gasteiger partial charge >= 0.3 is 72.9 Å². The third-order valence-electron chi connectivity index (χ3n) is 27.6. The Morgan fingerprint density at radius 2 is 0.472 bits per heavy atom. The summed E-state index contributed by atoms with van der Waals surface area (Å²) in [4.78, 5) is 69.7. The minimum Gasteiger partial charge on any atom is -0.459 e. The zero-order valence-corrected chi connectivity index (χ0v) is 86.8. The highest BCUT2D eigenvalue weighted by Gasteiger charge is 2.60. The van der Waals surface area contributed by atoms with Crippen LogP contribution < -0.4 is 0 Å². The highest BCUT2D eigenvalue weighted by Crippen LogP contribution is 2.51. The summed E-state index contributed by atoms with van der Waals surface area (Å²) < 4.78 is 294. The lowest BCUT2D eigenvalue weighted by atomic mass is 9.68. The predicted molar refractivity (Wildman–Crippen MR) is 491 cm³/mol. The number of ether oxygens (including phenoxy) is 12. The monoisotopic (exact) mass is 2090 g/mol. The molecule has 828 valence electrons. The molecule has 6 N–H and O–H groups in total. The fraction of sp³-hybridized carbons (Fsp3) is 0.820. The lowest BCUT2D eigenvalue weighted by Gasteiger charge is -2.49. The SMILES string of the molecule is C=C(C)C(=O)OC1CC(C(CC)(CC)OCC(C)(O)C(F)(F)F)C1.C=C(C)C(=O)OC1CCC(C(C)(C)OCC(C)(O)C(F)(F)F)C1.C=C(C)C(=O)OC1CCC(C(C)(C)OCC(C)(O)C(F)(F)F)CC1.C=C(C)C(=O)OC1CCC1C(CC)(CC)OCC(C)(O)C(F)(F)F.C=C(C)C(=O)OC1CCCC1C(C)(C)OCC(C)(O)C(F)(F)F.C=C(C)C(=O)OC1CCCCC1C(C)(C)OCC(C)(O)C(F)(F)F. The van der Waals surface area contributed by atoms with Crippen molar-refractivity contribution < 1.29 is 195 Å². The van der Waals surface area contributed by atoms with E-state index in [4.69, 9.17) is 56.8 Å². The summed E-state index contributed by atoms with van der Waals surface area (Å²) in [5, 5.41) is 57.2. The van der Waals surface area contributed by atoms with Crippen molar-refractivity contribution in [1.29, 1.82) is 0 Å². The maximum Gasteiger partial charge on any atom is 0.419 e. The molecule has 0 bridgehead atoms. The molecule has 0 aromatic carbocycles. The number of alkyl halides is 18. The minimum atomic E-state index is -4.78. The van der Waals surface area contributed by atoms with Gasteiger partial charge in [0.25, 0.3) is 0 Å². The van der Waals surface area contributed by atoms with Gasteiger partial charge in [0.1, 0.15) is 36.6 Å². The molecule has 0 amide bonds. The van der Waals surface area contributed by atoms with Crippen LogP contribution in [0.5, 0.6) is 0 Å². The van der Waals surface area contributed by atoms with Crippen molar-refractivity contribution in [3.63, 3.8) is 0 Å². The van der Waals surface area contributed by atoms with Crippen molar-refractivity contribution in [3.05, 3.63) is 72.9 Å². The van der Waals surface area contributed by atoms with Crippen LogP contribution in [0.25, 0.3) is 0 Å². The van der Waals surface area contributed by atoms with E-state index in [1.807, 2.05) is 27.7 Å². The Hall–Kier alpha value is -6.48. The summed E-state index contributed by atoms with van der Waals surface area (Å²) >= 11 is 0. The molecule has 6 aliphatic carbocycles. The second-order valence-corrected chi connectivity index (χ2v) is 42.1. The minimum absolute atomic E-state index is 0.0144. The number of hydrogen-bond acceptors (Lipinski definition) is 24.